The van der Waals surface area contributed by atoms with Crippen molar-refractivity contribution < 1.29 is 24.5 Å². The number of hydrogen-bond donors (Lipinski definition) is 2. The molecule has 0 aliphatic carbocycles. The predicted octanol–water partition coefficient (Wildman–Crippen LogP) is 0.745. The highest BCUT2D eigenvalue weighted by molar-refractivity contribution is 5.95. The molecule has 2 atom stereocenters. The first-order valence-electron chi connectivity index (χ1n) is 6.40. The number of carboxylic acid groups (broad SMARTS) is 1. The smallest absolute Gasteiger partial charge is 0.334 e. The first-order valence-corrected chi connectivity index (χ1v) is 6.40. The number of methoxy groups -OCH3 is 1. The first kappa shape index (κ1) is 14.3. The third kappa shape index (κ3) is 2.75. The molecule has 1 aromatic carbocycles. The molecule has 1 heterocycles. The van der Waals surface area contributed by atoms with Gasteiger partial charge in [-0.25, -0.2) is 4.79 Å². The fraction of sp³-hybridized carbons (Fsp3) is 0.429. The molecule has 0 aromatic heterocycles. The maximum absolute atomic E-state index is 12.4. The number of ether oxygens (including phenoxy) is 1. The molecule has 1 aliphatic rings. The van der Waals surface area contributed by atoms with Crippen LogP contribution in [0.2, 0.25) is 0 Å². The van der Waals surface area contributed by atoms with Crippen LogP contribution in [0.15, 0.2) is 24.3 Å². The van der Waals surface area contributed by atoms with Crippen LogP contribution in [0.4, 0.5) is 0 Å². The Labute approximate surface area is 116 Å². The Balaban J connectivity index is 2.16. The van der Waals surface area contributed by atoms with Crippen LogP contribution in [0, 0.1) is 0 Å². The first-order chi connectivity index (χ1) is 9.54. The quantitative estimate of drug-likeness (QED) is 0.849. The molecule has 1 saturated heterocycles. The molecule has 0 unspecified atom stereocenters. The molecule has 0 spiro atoms. The molecule has 20 heavy (non-hydrogen) atoms. The number of likely N-dealkylation sites (tertiary alicyclic amines) is 1. The van der Waals surface area contributed by atoms with E-state index in [1.807, 2.05) is 0 Å². The number of nitrogens with zero attached hydrogens (tertiary/aromatic N) is 1. The molecular formula is C14H17NO5. The zero-order chi connectivity index (χ0) is 14.7. The van der Waals surface area contributed by atoms with Gasteiger partial charge in [-0.05, 0) is 37.1 Å². The van der Waals surface area contributed by atoms with Gasteiger partial charge in [-0.1, -0.05) is 0 Å². The molecule has 1 aromatic rings. The van der Waals surface area contributed by atoms with E-state index in [0.29, 0.717) is 30.7 Å². The molecule has 0 bridgehead atoms. The van der Waals surface area contributed by atoms with Gasteiger partial charge in [0.2, 0.25) is 0 Å². The Bertz CT molecular complexity index is 499. The number of hydrogen-bond acceptors (Lipinski definition) is 4. The average molecular weight is 279 g/mol. The molecule has 0 radical (unpaired) electrons. The zero-order valence-electron chi connectivity index (χ0n) is 11.2. The van der Waals surface area contributed by atoms with E-state index in [9.17, 15) is 14.7 Å². The number of amides is 1. The van der Waals surface area contributed by atoms with Crippen LogP contribution in [0.25, 0.3) is 0 Å². The van der Waals surface area contributed by atoms with Gasteiger partial charge >= 0.3 is 5.97 Å². The van der Waals surface area contributed by atoms with Gasteiger partial charge in [-0.15, -0.1) is 0 Å². The summed E-state index contributed by atoms with van der Waals surface area (Å²) in [6, 6.07) is 5.94. The van der Waals surface area contributed by atoms with E-state index >= 15 is 0 Å². The summed E-state index contributed by atoms with van der Waals surface area (Å²) in [6.07, 6.45) is -0.355. The van der Waals surface area contributed by atoms with Crippen molar-refractivity contribution in [1.82, 2.24) is 4.90 Å². The summed E-state index contributed by atoms with van der Waals surface area (Å²) in [7, 11) is 1.54. The van der Waals surface area contributed by atoms with Crippen LogP contribution in [0.1, 0.15) is 23.2 Å². The number of aliphatic carboxylic acids is 1. The summed E-state index contributed by atoms with van der Waals surface area (Å²) in [5, 5.41) is 18.5. The van der Waals surface area contributed by atoms with Crippen molar-refractivity contribution >= 4 is 11.9 Å². The molecule has 1 fully saturated rings. The lowest BCUT2D eigenvalue weighted by Crippen LogP contribution is -2.46. The summed E-state index contributed by atoms with van der Waals surface area (Å²) >= 11 is 0. The lowest BCUT2D eigenvalue weighted by molar-refractivity contribution is -0.149. The average Bonchev–Trinajstić information content (AvgIpc) is 2.94. The highest BCUT2D eigenvalue weighted by Crippen LogP contribution is 2.23. The number of aliphatic hydroxyl groups is 1. The number of carboxylic acids is 1. The highest BCUT2D eigenvalue weighted by Gasteiger charge is 2.37. The minimum atomic E-state index is -1.54. The van der Waals surface area contributed by atoms with E-state index in [1.165, 1.54) is 12.0 Å². The number of benzene rings is 1. The van der Waals surface area contributed by atoms with E-state index in [4.69, 9.17) is 9.84 Å². The lowest BCUT2D eigenvalue weighted by Gasteiger charge is -2.26. The molecule has 1 amide bonds. The number of carbonyl (C=O) groups is 2. The van der Waals surface area contributed by atoms with E-state index in [2.05, 4.69) is 0 Å². The summed E-state index contributed by atoms with van der Waals surface area (Å²) < 4.78 is 5.02. The van der Waals surface area contributed by atoms with E-state index in [-0.39, 0.29) is 5.91 Å². The summed E-state index contributed by atoms with van der Waals surface area (Å²) in [5.41, 5.74) is 0.454. The monoisotopic (exact) mass is 279 g/mol. The molecule has 2 N–H and O–H groups in total. The van der Waals surface area contributed by atoms with Crippen molar-refractivity contribution in [3.8, 4) is 5.75 Å². The van der Waals surface area contributed by atoms with Crippen LogP contribution < -0.4 is 4.74 Å². The Morgan fingerprint density at radius 2 is 2.00 bits per heavy atom. The van der Waals surface area contributed by atoms with Crippen molar-refractivity contribution in [1.29, 1.82) is 0 Å². The fourth-order valence-corrected chi connectivity index (χ4v) is 2.44. The maximum Gasteiger partial charge on any atom is 0.334 e. The second-order valence-corrected chi connectivity index (χ2v) is 4.72. The molecular weight excluding hydrogens is 262 g/mol. The normalized spacial score (nSPS) is 19.7. The van der Waals surface area contributed by atoms with Gasteiger partial charge in [0, 0.05) is 12.1 Å². The van der Waals surface area contributed by atoms with E-state index in [0.717, 1.165) is 0 Å². The standard InChI is InChI=1S/C14H17NO5/c1-20-10-6-4-9(5-7-10)13(17)15-8-2-3-11(15)12(16)14(18)19/h4-7,11-12,16H,2-3,8H2,1H3,(H,18,19)/t11-,12+/m0/s1. The molecule has 6 heteroatoms. The maximum atomic E-state index is 12.4. The molecule has 6 nitrogen and oxygen atoms in total. The minimum absolute atomic E-state index is 0.268. The Morgan fingerprint density at radius 3 is 2.55 bits per heavy atom. The number of aliphatic hydroxyl groups excluding tert-OH is 1. The number of carbonyl (C=O) groups excluding carboxylic acids is 1. The van der Waals surface area contributed by atoms with Gasteiger partial charge in [0.15, 0.2) is 6.10 Å². The van der Waals surface area contributed by atoms with Crippen molar-refractivity contribution in [3.05, 3.63) is 29.8 Å². The van der Waals surface area contributed by atoms with Crippen LogP contribution in [0.5, 0.6) is 5.75 Å². The lowest BCUT2D eigenvalue weighted by atomic mass is 10.1. The zero-order valence-corrected chi connectivity index (χ0v) is 11.2. The summed E-state index contributed by atoms with van der Waals surface area (Å²) in [5.74, 6) is -0.926. The van der Waals surface area contributed by atoms with Crippen molar-refractivity contribution in [2.24, 2.45) is 0 Å². The number of rotatable bonds is 4. The van der Waals surface area contributed by atoms with Gasteiger partial charge in [-0.2, -0.15) is 0 Å². The SMILES string of the molecule is COc1ccc(C(=O)N2CCC[C@H]2[C@@H](O)C(=O)O)cc1. The van der Waals surface area contributed by atoms with Crippen LogP contribution in [0.3, 0.4) is 0 Å². The Morgan fingerprint density at radius 1 is 1.35 bits per heavy atom. The fourth-order valence-electron chi connectivity index (χ4n) is 2.44. The van der Waals surface area contributed by atoms with Crippen molar-refractivity contribution in [3.63, 3.8) is 0 Å². The van der Waals surface area contributed by atoms with Crippen LogP contribution in [-0.2, 0) is 4.79 Å². The summed E-state index contributed by atoms with van der Waals surface area (Å²) in [4.78, 5) is 24.7. The molecule has 108 valence electrons. The topological polar surface area (TPSA) is 87.1 Å². The highest BCUT2D eigenvalue weighted by atomic mass is 16.5. The van der Waals surface area contributed by atoms with Gasteiger partial charge in [0.25, 0.3) is 5.91 Å². The van der Waals surface area contributed by atoms with Crippen LogP contribution >= 0.6 is 0 Å². The molecule has 0 saturated carbocycles. The van der Waals surface area contributed by atoms with E-state index < -0.39 is 18.1 Å². The van der Waals surface area contributed by atoms with E-state index in [1.54, 1.807) is 24.3 Å². The Hall–Kier alpha value is -2.08. The largest absolute Gasteiger partial charge is 0.497 e. The van der Waals surface area contributed by atoms with Gasteiger partial charge in [0.1, 0.15) is 5.75 Å². The molecule has 2 rings (SSSR count). The predicted molar refractivity (Wildman–Crippen MR) is 70.7 cm³/mol. The second kappa shape index (κ2) is 5.92. The van der Waals surface area contributed by atoms with Crippen molar-refractivity contribution in [2.75, 3.05) is 13.7 Å². The second-order valence-electron chi connectivity index (χ2n) is 4.72. The minimum Gasteiger partial charge on any atom is -0.497 e. The summed E-state index contributed by atoms with van der Waals surface area (Å²) in [6.45, 7) is 0.458. The third-order valence-electron chi connectivity index (χ3n) is 3.51. The van der Waals surface area contributed by atoms with Crippen LogP contribution in [-0.4, -0.2) is 52.8 Å². The van der Waals surface area contributed by atoms with Gasteiger partial charge < -0.3 is 19.8 Å². The Kier molecular flexibility index (Phi) is 4.24. The third-order valence-corrected chi connectivity index (χ3v) is 3.51. The van der Waals surface area contributed by atoms with Gasteiger partial charge in [-0.3, -0.25) is 4.79 Å². The molecule has 1 aliphatic heterocycles. The van der Waals surface area contributed by atoms with Crippen molar-refractivity contribution in [2.45, 2.75) is 25.0 Å². The van der Waals surface area contributed by atoms with Gasteiger partial charge in [0.05, 0.1) is 13.2 Å².